The number of sulfonamides is 1. The maximum atomic E-state index is 12.4. The molecule has 2 heterocycles. The number of esters is 1. The van der Waals surface area contributed by atoms with Crippen LogP contribution in [0.25, 0.3) is 0 Å². The lowest BCUT2D eigenvalue weighted by Gasteiger charge is -2.47. The Kier molecular flexibility index (Phi) is 4.47. The van der Waals surface area contributed by atoms with E-state index in [9.17, 15) is 26.4 Å². The van der Waals surface area contributed by atoms with E-state index in [4.69, 9.17) is 0 Å². The van der Waals surface area contributed by atoms with Gasteiger partial charge in [-0.2, -0.15) is 17.5 Å². The fraction of sp³-hybridized carbons (Fsp3) is 0.900. The molecule has 0 aliphatic carbocycles. The maximum absolute atomic E-state index is 12.4. The normalized spacial score (nSPS) is 29.0. The SMILES string of the molecule is CS(=O)(=O)N1CCN2CCNCC2C1OC(=O)C(F)(F)F. The summed E-state index contributed by atoms with van der Waals surface area (Å²) in [7, 11) is -3.78. The van der Waals surface area contributed by atoms with Crippen LogP contribution in [-0.2, 0) is 19.6 Å². The van der Waals surface area contributed by atoms with Crippen molar-refractivity contribution in [1.29, 1.82) is 0 Å². The number of hydrogen-bond acceptors (Lipinski definition) is 6. The van der Waals surface area contributed by atoms with E-state index < -0.39 is 34.4 Å². The van der Waals surface area contributed by atoms with Crippen LogP contribution in [0.3, 0.4) is 0 Å². The minimum absolute atomic E-state index is 0.00879. The summed E-state index contributed by atoms with van der Waals surface area (Å²) in [6.45, 7) is 1.84. The summed E-state index contributed by atoms with van der Waals surface area (Å²) in [4.78, 5) is 12.9. The summed E-state index contributed by atoms with van der Waals surface area (Å²) in [5, 5.41) is 2.96. The number of carbonyl (C=O) groups excluding carboxylic acids is 1. The lowest BCUT2D eigenvalue weighted by Crippen LogP contribution is -2.68. The highest BCUT2D eigenvalue weighted by Gasteiger charge is 2.49. The van der Waals surface area contributed by atoms with E-state index in [1.165, 1.54) is 0 Å². The Bertz CT molecular complexity index is 510. The molecule has 0 radical (unpaired) electrons. The van der Waals surface area contributed by atoms with Crippen LogP contribution in [0.1, 0.15) is 0 Å². The number of halogens is 3. The molecule has 0 bridgehead atoms. The highest BCUT2D eigenvalue weighted by Crippen LogP contribution is 2.25. The van der Waals surface area contributed by atoms with E-state index in [0.29, 0.717) is 19.6 Å². The summed E-state index contributed by atoms with van der Waals surface area (Å²) >= 11 is 0. The van der Waals surface area contributed by atoms with E-state index >= 15 is 0 Å². The van der Waals surface area contributed by atoms with Crippen molar-refractivity contribution in [2.75, 3.05) is 39.0 Å². The van der Waals surface area contributed by atoms with E-state index in [-0.39, 0.29) is 13.1 Å². The fourth-order valence-corrected chi connectivity index (χ4v) is 3.52. The number of nitrogens with zero attached hydrogens (tertiary/aromatic N) is 2. The molecule has 0 aromatic rings. The number of carbonyl (C=O) groups is 1. The molecule has 2 aliphatic heterocycles. The number of rotatable bonds is 2. The van der Waals surface area contributed by atoms with E-state index in [1.54, 1.807) is 0 Å². The fourth-order valence-electron chi connectivity index (χ4n) is 2.54. The van der Waals surface area contributed by atoms with Crippen LogP contribution in [-0.4, -0.2) is 81.0 Å². The van der Waals surface area contributed by atoms with Crippen LogP contribution in [0.4, 0.5) is 13.2 Å². The summed E-state index contributed by atoms with van der Waals surface area (Å²) in [5.74, 6) is -2.38. The number of piperazine rings is 2. The first-order chi connectivity index (χ1) is 9.60. The van der Waals surface area contributed by atoms with Crippen LogP contribution < -0.4 is 5.32 Å². The van der Waals surface area contributed by atoms with Gasteiger partial charge in [-0.15, -0.1) is 0 Å². The quantitative estimate of drug-likeness (QED) is 0.652. The van der Waals surface area contributed by atoms with Gasteiger partial charge < -0.3 is 10.1 Å². The first kappa shape index (κ1) is 16.5. The molecule has 2 fully saturated rings. The molecule has 2 atom stereocenters. The number of hydrogen-bond donors (Lipinski definition) is 1. The van der Waals surface area contributed by atoms with Gasteiger partial charge in [0.2, 0.25) is 10.0 Å². The maximum Gasteiger partial charge on any atom is 0.490 e. The molecule has 2 rings (SSSR count). The molecule has 122 valence electrons. The van der Waals surface area contributed by atoms with E-state index in [1.807, 2.05) is 4.90 Å². The first-order valence-electron chi connectivity index (χ1n) is 6.30. The third kappa shape index (κ3) is 3.65. The Hall–Kier alpha value is -0.910. The van der Waals surface area contributed by atoms with Gasteiger partial charge in [-0.3, -0.25) is 4.90 Å². The topological polar surface area (TPSA) is 79.0 Å². The summed E-state index contributed by atoms with van der Waals surface area (Å²) in [6.07, 6.45) is -5.75. The molecule has 2 aliphatic rings. The zero-order chi connectivity index (χ0) is 15.8. The van der Waals surface area contributed by atoms with Crippen molar-refractivity contribution >= 4 is 16.0 Å². The lowest BCUT2D eigenvalue weighted by atomic mass is 10.1. The monoisotopic (exact) mass is 331 g/mol. The molecule has 0 aromatic carbocycles. The van der Waals surface area contributed by atoms with Gasteiger partial charge >= 0.3 is 12.1 Å². The molecule has 0 saturated carbocycles. The summed E-state index contributed by atoms with van der Waals surface area (Å²) in [6, 6.07) is -0.631. The number of alkyl halides is 3. The lowest BCUT2D eigenvalue weighted by molar-refractivity contribution is -0.217. The molecule has 11 heteroatoms. The highest BCUT2D eigenvalue weighted by molar-refractivity contribution is 7.88. The van der Waals surface area contributed by atoms with Gasteiger partial charge in [0.15, 0.2) is 6.23 Å². The zero-order valence-corrected chi connectivity index (χ0v) is 12.1. The van der Waals surface area contributed by atoms with Crippen molar-refractivity contribution in [3.63, 3.8) is 0 Å². The van der Waals surface area contributed by atoms with E-state index in [2.05, 4.69) is 10.1 Å². The average Bonchev–Trinajstić information content (AvgIpc) is 2.36. The molecule has 7 nitrogen and oxygen atoms in total. The Morgan fingerprint density at radius 2 is 1.95 bits per heavy atom. The van der Waals surface area contributed by atoms with Gasteiger partial charge in [0.1, 0.15) is 0 Å². The average molecular weight is 331 g/mol. The van der Waals surface area contributed by atoms with Gasteiger partial charge in [-0.05, 0) is 0 Å². The molecule has 2 saturated heterocycles. The highest BCUT2D eigenvalue weighted by atomic mass is 32.2. The predicted octanol–water partition coefficient (Wildman–Crippen LogP) is -1.03. The second-order valence-corrected chi connectivity index (χ2v) is 6.91. The second-order valence-electron chi connectivity index (χ2n) is 4.97. The molecule has 0 amide bonds. The van der Waals surface area contributed by atoms with Crippen molar-refractivity contribution in [3.8, 4) is 0 Å². The first-order valence-corrected chi connectivity index (χ1v) is 8.15. The van der Waals surface area contributed by atoms with Crippen molar-refractivity contribution in [2.24, 2.45) is 0 Å². The largest absolute Gasteiger partial charge is 0.490 e. The Morgan fingerprint density at radius 3 is 2.52 bits per heavy atom. The molecule has 1 N–H and O–H groups in total. The van der Waals surface area contributed by atoms with Gasteiger partial charge in [0.25, 0.3) is 0 Å². The second kappa shape index (κ2) is 5.71. The van der Waals surface area contributed by atoms with Crippen LogP contribution in [0.5, 0.6) is 0 Å². The van der Waals surface area contributed by atoms with Gasteiger partial charge in [0, 0.05) is 32.7 Å². The standard InChI is InChI=1S/C10H16F3N3O4S/c1-21(18,19)16-5-4-15-3-2-14-6-7(15)8(16)20-9(17)10(11,12)13/h7-8,14H,2-6H2,1H3. The zero-order valence-electron chi connectivity index (χ0n) is 11.3. The van der Waals surface area contributed by atoms with E-state index in [0.717, 1.165) is 10.6 Å². The molecular weight excluding hydrogens is 315 g/mol. The third-order valence-corrected chi connectivity index (χ3v) is 4.75. The van der Waals surface area contributed by atoms with Gasteiger partial charge in [-0.25, -0.2) is 13.2 Å². The summed E-state index contributed by atoms with van der Waals surface area (Å²) < 4.78 is 65.8. The predicted molar refractivity (Wildman–Crippen MR) is 65.7 cm³/mol. The Labute approximate surface area is 120 Å². The van der Waals surface area contributed by atoms with Crippen LogP contribution in [0.2, 0.25) is 0 Å². The van der Waals surface area contributed by atoms with Crippen LogP contribution in [0.15, 0.2) is 0 Å². The van der Waals surface area contributed by atoms with Gasteiger partial charge in [-0.1, -0.05) is 0 Å². The number of fused-ring (bicyclic) bond motifs is 1. The minimum atomic E-state index is -5.16. The number of nitrogens with one attached hydrogen (secondary N) is 1. The van der Waals surface area contributed by atoms with Gasteiger partial charge in [0.05, 0.1) is 12.3 Å². The third-order valence-electron chi connectivity index (χ3n) is 3.50. The molecule has 2 unspecified atom stereocenters. The van der Waals surface area contributed by atoms with Crippen molar-refractivity contribution in [3.05, 3.63) is 0 Å². The molecule has 21 heavy (non-hydrogen) atoms. The number of ether oxygens (including phenoxy) is 1. The summed E-state index contributed by atoms with van der Waals surface area (Å²) in [5.41, 5.74) is 0. The molecular formula is C10H16F3N3O4S. The Balaban J connectivity index is 2.25. The van der Waals surface area contributed by atoms with Crippen LogP contribution in [0, 0.1) is 0 Å². The van der Waals surface area contributed by atoms with Crippen molar-refractivity contribution in [2.45, 2.75) is 18.4 Å². The van der Waals surface area contributed by atoms with Crippen molar-refractivity contribution < 1.29 is 31.1 Å². The Morgan fingerprint density at radius 1 is 1.29 bits per heavy atom. The van der Waals surface area contributed by atoms with Crippen LogP contribution >= 0.6 is 0 Å². The smallest absolute Gasteiger partial charge is 0.437 e. The molecule has 0 spiro atoms. The molecule has 0 aromatic heterocycles. The van der Waals surface area contributed by atoms with Crippen molar-refractivity contribution in [1.82, 2.24) is 14.5 Å². The minimum Gasteiger partial charge on any atom is -0.437 e.